The zero-order chi connectivity index (χ0) is 11.4. The minimum absolute atomic E-state index is 0.0850. The summed E-state index contributed by atoms with van der Waals surface area (Å²) < 4.78 is 5.25. The predicted molar refractivity (Wildman–Crippen MR) is 61.1 cm³/mol. The number of amides is 1. The van der Waals surface area contributed by atoms with Gasteiger partial charge in [0.2, 0.25) is 0 Å². The number of nitrogens with one attached hydrogen (secondary N) is 2. The minimum atomic E-state index is -0.124. The molecule has 16 heavy (non-hydrogen) atoms. The fraction of sp³-hybridized carbons (Fsp3) is 0.250. The van der Waals surface area contributed by atoms with Crippen molar-refractivity contribution in [2.45, 2.75) is 6.54 Å². The maximum Gasteiger partial charge on any atom is 0.262 e. The molecule has 2 N–H and O–H groups in total. The number of benzene rings is 1. The van der Waals surface area contributed by atoms with Gasteiger partial charge >= 0.3 is 0 Å². The van der Waals surface area contributed by atoms with Gasteiger partial charge in [-0.05, 0) is 17.7 Å². The first-order chi connectivity index (χ1) is 7.79. The smallest absolute Gasteiger partial charge is 0.262 e. The molecule has 82 valence electrons. The molecule has 0 fully saturated rings. The Morgan fingerprint density at radius 1 is 1.56 bits per heavy atom. The zero-order valence-electron chi connectivity index (χ0n) is 8.75. The molecule has 1 amide bonds. The maximum atomic E-state index is 11.1. The van der Waals surface area contributed by atoms with Gasteiger partial charge in [-0.25, -0.2) is 0 Å². The number of anilines is 1. The highest BCUT2D eigenvalue weighted by Gasteiger charge is 2.15. The van der Waals surface area contributed by atoms with Gasteiger partial charge in [-0.1, -0.05) is 12.0 Å². The number of carbonyl (C=O) groups is 1. The van der Waals surface area contributed by atoms with Gasteiger partial charge < -0.3 is 15.4 Å². The van der Waals surface area contributed by atoms with Crippen molar-refractivity contribution in [1.29, 1.82) is 0 Å². The van der Waals surface area contributed by atoms with Crippen molar-refractivity contribution in [3.63, 3.8) is 0 Å². The van der Waals surface area contributed by atoms with Crippen LogP contribution in [0.3, 0.4) is 0 Å². The van der Waals surface area contributed by atoms with Crippen LogP contribution in [0.25, 0.3) is 0 Å². The summed E-state index contributed by atoms with van der Waals surface area (Å²) in [6, 6.07) is 5.68. The van der Waals surface area contributed by atoms with E-state index < -0.39 is 0 Å². The second kappa shape index (κ2) is 4.69. The summed E-state index contributed by atoms with van der Waals surface area (Å²) in [6.07, 6.45) is 5.13. The van der Waals surface area contributed by atoms with Gasteiger partial charge in [-0.15, -0.1) is 6.42 Å². The van der Waals surface area contributed by atoms with Crippen molar-refractivity contribution in [3.05, 3.63) is 23.8 Å². The van der Waals surface area contributed by atoms with Crippen molar-refractivity contribution >= 4 is 11.6 Å². The summed E-state index contributed by atoms with van der Waals surface area (Å²) in [5.74, 6) is 3.09. The van der Waals surface area contributed by atoms with Crippen LogP contribution in [-0.2, 0) is 11.3 Å². The average molecular weight is 216 g/mol. The van der Waals surface area contributed by atoms with Gasteiger partial charge in [0.1, 0.15) is 5.75 Å². The highest BCUT2D eigenvalue weighted by atomic mass is 16.5. The van der Waals surface area contributed by atoms with E-state index in [9.17, 15) is 4.79 Å². The Morgan fingerprint density at radius 2 is 2.44 bits per heavy atom. The van der Waals surface area contributed by atoms with E-state index in [1.54, 1.807) is 0 Å². The molecular formula is C12H12N2O2. The fourth-order valence-corrected chi connectivity index (χ4v) is 1.52. The summed E-state index contributed by atoms with van der Waals surface area (Å²) in [5.41, 5.74) is 1.77. The molecule has 0 unspecified atom stereocenters. The van der Waals surface area contributed by atoms with Crippen LogP contribution >= 0.6 is 0 Å². The van der Waals surface area contributed by atoms with Crippen LogP contribution in [-0.4, -0.2) is 19.1 Å². The van der Waals surface area contributed by atoms with Crippen LogP contribution in [0, 0.1) is 12.3 Å². The molecular weight excluding hydrogens is 204 g/mol. The van der Waals surface area contributed by atoms with Crippen LogP contribution in [0.15, 0.2) is 18.2 Å². The van der Waals surface area contributed by atoms with Gasteiger partial charge in [0, 0.05) is 6.54 Å². The van der Waals surface area contributed by atoms with Gasteiger partial charge in [-0.2, -0.15) is 0 Å². The predicted octanol–water partition coefficient (Wildman–Crippen LogP) is 0.740. The first kappa shape index (κ1) is 10.5. The molecule has 0 saturated carbocycles. The van der Waals surface area contributed by atoms with E-state index >= 15 is 0 Å². The Bertz CT molecular complexity index is 449. The summed E-state index contributed by atoms with van der Waals surface area (Å²) in [7, 11) is 0. The molecule has 0 bridgehead atoms. The topological polar surface area (TPSA) is 50.4 Å². The number of hydrogen-bond donors (Lipinski definition) is 2. The van der Waals surface area contributed by atoms with Crippen LogP contribution < -0.4 is 15.4 Å². The standard InChI is InChI=1S/C12H12N2O2/c1-2-5-13-7-9-3-4-11-10(6-9)14-12(15)8-16-11/h1,3-4,6,13H,5,7-8H2,(H,14,15). The Labute approximate surface area is 94.0 Å². The third kappa shape index (κ3) is 2.33. The molecule has 1 aromatic rings. The number of ether oxygens (including phenoxy) is 1. The average Bonchev–Trinajstić information content (AvgIpc) is 2.29. The Balaban J connectivity index is 2.09. The third-order valence-electron chi connectivity index (χ3n) is 2.23. The molecule has 1 heterocycles. The molecule has 2 rings (SSSR count). The first-order valence-corrected chi connectivity index (χ1v) is 4.99. The van der Waals surface area contributed by atoms with Crippen molar-refractivity contribution in [1.82, 2.24) is 5.32 Å². The van der Waals surface area contributed by atoms with Crippen molar-refractivity contribution in [3.8, 4) is 18.1 Å². The molecule has 0 spiro atoms. The highest BCUT2D eigenvalue weighted by Crippen LogP contribution is 2.28. The Morgan fingerprint density at radius 3 is 3.25 bits per heavy atom. The number of terminal acetylenes is 1. The van der Waals surface area contributed by atoms with E-state index in [2.05, 4.69) is 16.6 Å². The summed E-state index contributed by atoms with van der Waals surface area (Å²) in [4.78, 5) is 11.1. The lowest BCUT2D eigenvalue weighted by atomic mass is 10.1. The Kier molecular flexibility index (Phi) is 3.08. The molecule has 0 aromatic heterocycles. The Hall–Kier alpha value is -1.99. The molecule has 4 heteroatoms. The quantitative estimate of drug-likeness (QED) is 0.579. The zero-order valence-corrected chi connectivity index (χ0v) is 8.75. The molecule has 0 aliphatic carbocycles. The maximum absolute atomic E-state index is 11.1. The number of carbonyl (C=O) groups excluding carboxylic acids is 1. The monoisotopic (exact) mass is 216 g/mol. The van der Waals surface area contributed by atoms with Crippen LogP contribution in [0.4, 0.5) is 5.69 Å². The molecule has 0 saturated heterocycles. The highest BCUT2D eigenvalue weighted by molar-refractivity contribution is 5.95. The lowest BCUT2D eigenvalue weighted by Crippen LogP contribution is -2.25. The van der Waals surface area contributed by atoms with Crippen molar-refractivity contribution in [2.24, 2.45) is 0 Å². The first-order valence-electron chi connectivity index (χ1n) is 4.99. The number of fused-ring (bicyclic) bond motifs is 1. The molecule has 0 radical (unpaired) electrons. The number of rotatable bonds is 3. The second-order valence-electron chi connectivity index (χ2n) is 3.48. The van der Waals surface area contributed by atoms with E-state index in [0.717, 1.165) is 11.3 Å². The van der Waals surface area contributed by atoms with Crippen LogP contribution in [0.1, 0.15) is 5.56 Å². The van der Waals surface area contributed by atoms with E-state index in [0.29, 0.717) is 18.8 Å². The van der Waals surface area contributed by atoms with Crippen LogP contribution in [0.2, 0.25) is 0 Å². The van der Waals surface area contributed by atoms with E-state index in [4.69, 9.17) is 11.2 Å². The van der Waals surface area contributed by atoms with Gasteiger partial charge in [-0.3, -0.25) is 4.79 Å². The van der Waals surface area contributed by atoms with Gasteiger partial charge in [0.15, 0.2) is 6.61 Å². The summed E-state index contributed by atoms with van der Waals surface area (Å²) in [6.45, 7) is 1.29. The number of hydrogen-bond acceptors (Lipinski definition) is 3. The van der Waals surface area contributed by atoms with E-state index in [-0.39, 0.29) is 12.5 Å². The largest absolute Gasteiger partial charge is 0.482 e. The van der Waals surface area contributed by atoms with Crippen molar-refractivity contribution in [2.75, 3.05) is 18.5 Å². The van der Waals surface area contributed by atoms with E-state index in [1.165, 1.54) is 0 Å². The molecule has 1 aliphatic heterocycles. The lowest BCUT2D eigenvalue weighted by Gasteiger charge is -2.18. The summed E-state index contributed by atoms with van der Waals surface area (Å²) >= 11 is 0. The minimum Gasteiger partial charge on any atom is -0.482 e. The van der Waals surface area contributed by atoms with Gasteiger partial charge in [0.05, 0.1) is 12.2 Å². The van der Waals surface area contributed by atoms with Crippen molar-refractivity contribution < 1.29 is 9.53 Å². The summed E-state index contributed by atoms with van der Waals surface area (Å²) in [5, 5.41) is 5.84. The molecule has 1 aliphatic rings. The SMILES string of the molecule is C#CCNCc1ccc2c(c1)NC(=O)CO2. The second-order valence-corrected chi connectivity index (χ2v) is 3.48. The third-order valence-corrected chi connectivity index (χ3v) is 2.23. The molecule has 1 aromatic carbocycles. The fourth-order valence-electron chi connectivity index (χ4n) is 1.52. The van der Waals surface area contributed by atoms with Crippen LogP contribution in [0.5, 0.6) is 5.75 Å². The van der Waals surface area contributed by atoms with Gasteiger partial charge in [0.25, 0.3) is 5.91 Å². The van der Waals surface area contributed by atoms with E-state index in [1.807, 2.05) is 18.2 Å². The lowest BCUT2D eigenvalue weighted by molar-refractivity contribution is -0.118. The molecule has 4 nitrogen and oxygen atoms in total. The molecule has 0 atom stereocenters. The normalized spacial score (nSPS) is 13.3.